The molecule has 10 heteroatoms. The van der Waals surface area contributed by atoms with E-state index in [9.17, 15) is 18.0 Å². The molecule has 0 saturated carbocycles. The number of carbonyl (C=O) groups is 2. The van der Waals surface area contributed by atoms with Crippen molar-refractivity contribution in [3.63, 3.8) is 0 Å². The first kappa shape index (κ1) is 25.7. The van der Waals surface area contributed by atoms with Crippen molar-refractivity contribution >= 4 is 27.5 Å². The molecule has 1 saturated heterocycles. The van der Waals surface area contributed by atoms with Gasteiger partial charge >= 0.3 is 0 Å². The fourth-order valence-corrected chi connectivity index (χ4v) is 4.89. The quantitative estimate of drug-likeness (QED) is 0.589. The average molecular weight is 489 g/mol. The van der Waals surface area contributed by atoms with Crippen LogP contribution in [-0.2, 0) is 14.8 Å². The molecule has 1 heterocycles. The van der Waals surface area contributed by atoms with Crippen LogP contribution >= 0.6 is 0 Å². The maximum atomic E-state index is 12.7. The molecule has 184 valence electrons. The highest BCUT2D eigenvalue weighted by Crippen LogP contribution is 2.22. The third-order valence-electron chi connectivity index (χ3n) is 5.67. The Labute approximate surface area is 201 Å². The van der Waals surface area contributed by atoms with Gasteiger partial charge in [0.15, 0.2) is 0 Å². The van der Waals surface area contributed by atoms with Gasteiger partial charge in [0.25, 0.3) is 5.91 Å². The number of nitrogens with zero attached hydrogens (tertiary/aromatic N) is 2. The lowest BCUT2D eigenvalue weighted by Gasteiger charge is -2.32. The van der Waals surface area contributed by atoms with Gasteiger partial charge < -0.3 is 19.9 Å². The molecule has 1 aliphatic rings. The van der Waals surface area contributed by atoms with Crippen LogP contribution in [0.25, 0.3) is 0 Å². The number of likely N-dealkylation sites (N-methyl/N-ethyl adjacent to an activating group) is 1. The molecule has 0 bridgehead atoms. The molecule has 2 aromatic carbocycles. The highest BCUT2D eigenvalue weighted by atomic mass is 32.2. The molecule has 2 aromatic rings. The Morgan fingerprint density at radius 2 is 1.71 bits per heavy atom. The zero-order chi connectivity index (χ0) is 24.9. The van der Waals surface area contributed by atoms with Gasteiger partial charge in [-0.2, -0.15) is 4.72 Å². The zero-order valence-electron chi connectivity index (χ0n) is 20.0. The smallest absolute Gasteiger partial charge is 0.253 e. The van der Waals surface area contributed by atoms with E-state index in [2.05, 4.69) is 14.9 Å². The Morgan fingerprint density at radius 1 is 1.06 bits per heavy atom. The van der Waals surface area contributed by atoms with Crippen molar-refractivity contribution in [2.45, 2.75) is 31.7 Å². The van der Waals surface area contributed by atoms with Crippen LogP contribution in [0.4, 0.5) is 5.69 Å². The molecule has 0 aliphatic carbocycles. The molecule has 0 spiro atoms. The molecule has 0 aromatic heterocycles. The summed E-state index contributed by atoms with van der Waals surface area (Å²) in [4.78, 5) is 29.3. The number of carbonyl (C=O) groups excluding carboxylic acids is 2. The van der Waals surface area contributed by atoms with E-state index in [1.54, 1.807) is 37.3 Å². The molecule has 34 heavy (non-hydrogen) atoms. The first-order valence-corrected chi connectivity index (χ1v) is 12.7. The van der Waals surface area contributed by atoms with Gasteiger partial charge in [0, 0.05) is 37.4 Å². The van der Waals surface area contributed by atoms with E-state index in [4.69, 9.17) is 4.74 Å². The van der Waals surface area contributed by atoms with Crippen LogP contribution in [0.15, 0.2) is 47.4 Å². The predicted octanol–water partition coefficient (Wildman–Crippen LogP) is 2.09. The third-order valence-corrected chi connectivity index (χ3v) is 7.21. The fraction of sp³-hybridized carbons (Fsp3) is 0.417. The molecule has 2 amide bonds. The summed E-state index contributed by atoms with van der Waals surface area (Å²) >= 11 is 0. The standard InChI is InChI=1S/C24H32N4O5S/c1-5-33-22-11-10-21(16-17(22)2)34(31,32)26-18(3)23(29)25-20-8-6-19(7-9-20)24(30)28-14-12-27(4)13-15-28/h6-11,16,18,26H,5,12-15H2,1-4H3,(H,25,29)/t18-/m1/s1. The fourth-order valence-electron chi connectivity index (χ4n) is 3.60. The second kappa shape index (κ2) is 11.0. The van der Waals surface area contributed by atoms with Crippen molar-refractivity contribution in [1.82, 2.24) is 14.5 Å². The number of benzene rings is 2. The van der Waals surface area contributed by atoms with Crippen LogP contribution in [0, 0.1) is 6.92 Å². The van der Waals surface area contributed by atoms with Gasteiger partial charge in [0.05, 0.1) is 17.5 Å². The second-order valence-corrected chi connectivity index (χ2v) is 10.1. The first-order chi connectivity index (χ1) is 16.1. The van der Waals surface area contributed by atoms with E-state index in [0.717, 1.165) is 13.1 Å². The number of rotatable bonds is 8. The normalized spacial score (nSPS) is 15.6. The van der Waals surface area contributed by atoms with Crippen molar-refractivity contribution in [3.8, 4) is 5.75 Å². The Hall–Kier alpha value is -2.95. The zero-order valence-corrected chi connectivity index (χ0v) is 20.8. The molecule has 2 N–H and O–H groups in total. The van der Waals surface area contributed by atoms with Crippen molar-refractivity contribution in [3.05, 3.63) is 53.6 Å². The van der Waals surface area contributed by atoms with Gasteiger partial charge in [-0.15, -0.1) is 0 Å². The lowest BCUT2D eigenvalue weighted by atomic mass is 10.1. The number of amides is 2. The van der Waals surface area contributed by atoms with Crippen LogP contribution in [-0.4, -0.2) is 75.9 Å². The second-order valence-electron chi connectivity index (χ2n) is 8.37. The Kier molecular flexibility index (Phi) is 8.29. The van der Waals surface area contributed by atoms with Crippen molar-refractivity contribution < 1.29 is 22.7 Å². The summed E-state index contributed by atoms with van der Waals surface area (Å²) in [5.74, 6) is 0.0592. The first-order valence-electron chi connectivity index (χ1n) is 11.2. The minimum atomic E-state index is -3.91. The summed E-state index contributed by atoms with van der Waals surface area (Å²) in [6, 6.07) is 10.1. The number of piperazine rings is 1. The molecule has 0 radical (unpaired) electrons. The van der Waals surface area contributed by atoms with Crippen LogP contribution < -0.4 is 14.8 Å². The molecular formula is C24H32N4O5S. The Bertz CT molecular complexity index is 1130. The Balaban J connectivity index is 1.59. The Morgan fingerprint density at radius 3 is 2.29 bits per heavy atom. The number of hydrogen-bond acceptors (Lipinski definition) is 6. The molecule has 1 aliphatic heterocycles. The van der Waals surface area contributed by atoms with E-state index in [0.29, 0.717) is 42.3 Å². The summed E-state index contributed by atoms with van der Waals surface area (Å²) in [7, 11) is -1.88. The van der Waals surface area contributed by atoms with Gasteiger partial charge in [0.2, 0.25) is 15.9 Å². The van der Waals surface area contributed by atoms with Crippen LogP contribution in [0.5, 0.6) is 5.75 Å². The van der Waals surface area contributed by atoms with E-state index < -0.39 is 22.0 Å². The lowest BCUT2D eigenvalue weighted by Crippen LogP contribution is -2.47. The highest BCUT2D eigenvalue weighted by molar-refractivity contribution is 7.89. The van der Waals surface area contributed by atoms with E-state index in [1.807, 2.05) is 18.9 Å². The SMILES string of the molecule is CCOc1ccc(S(=O)(=O)N[C@H](C)C(=O)Nc2ccc(C(=O)N3CCN(C)CC3)cc2)cc1C. The number of ether oxygens (including phenoxy) is 1. The van der Waals surface area contributed by atoms with Gasteiger partial charge in [-0.25, -0.2) is 8.42 Å². The third kappa shape index (κ3) is 6.34. The monoisotopic (exact) mass is 488 g/mol. The molecule has 9 nitrogen and oxygen atoms in total. The van der Waals surface area contributed by atoms with Gasteiger partial charge in [-0.05, 0) is 75.8 Å². The average Bonchev–Trinajstić information content (AvgIpc) is 2.80. The lowest BCUT2D eigenvalue weighted by molar-refractivity contribution is -0.117. The van der Waals surface area contributed by atoms with Crippen molar-refractivity contribution in [2.75, 3.05) is 45.2 Å². The summed E-state index contributed by atoms with van der Waals surface area (Å²) < 4.78 is 33.3. The van der Waals surface area contributed by atoms with Gasteiger partial charge in [-0.1, -0.05) is 0 Å². The minimum Gasteiger partial charge on any atom is -0.494 e. The number of anilines is 1. The molecule has 1 fully saturated rings. The van der Waals surface area contributed by atoms with Crippen LogP contribution in [0.2, 0.25) is 0 Å². The highest BCUT2D eigenvalue weighted by Gasteiger charge is 2.23. The maximum absolute atomic E-state index is 12.7. The molecule has 0 unspecified atom stereocenters. The van der Waals surface area contributed by atoms with Crippen LogP contribution in [0.1, 0.15) is 29.8 Å². The summed E-state index contributed by atoms with van der Waals surface area (Å²) in [6.07, 6.45) is 0. The van der Waals surface area contributed by atoms with Crippen molar-refractivity contribution in [2.24, 2.45) is 0 Å². The largest absolute Gasteiger partial charge is 0.494 e. The molecular weight excluding hydrogens is 456 g/mol. The van der Waals surface area contributed by atoms with E-state index in [-0.39, 0.29) is 10.8 Å². The van der Waals surface area contributed by atoms with Gasteiger partial charge in [0.1, 0.15) is 5.75 Å². The number of aryl methyl sites for hydroxylation is 1. The van der Waals surface area contributed by atoms with E-state index in [1.165, 1.54) is 19.1 Å². The summed E-state index contributed by atoms with van der Waals surface area (Å²) in [5, 5.41) is 2.69. The summed E-state index contributed by atoms with van der Waals surface area (Å²) in [6.45, 7) is 8.60. The minimum absolute atomic E-state index is 0.0437. The summed E-state index contributed by atoms with van der Waals surface area (Å²) in [5.41, 5.74) is 1.71. The predicted molar refractivity (Wildman–Crippen MR) is 131 cm³/mol. The maximum Gasteiger partial charge on any atom is 0.253 e. The van der Waals surface area contributed by atoms with Crippen LogP contribution in [0.3, 0.4) is 0 Å². The number of sulfonamides is 1. The van der Waals surface area contributed by atoms with E-state index >= 15 is 0 Å². The molecule has 3 rings (SSSR count). The number of nitrogens with one attached hydrogen (secondary N) is 2. The molecule has 1 atom stereocenters. The van der Waals surface area contributed by atoms with Crippen molar-refractivity contribution in [1.29, 1.82) is 0 Å². The number of hydrogen-bond donors (Lipinski definition) is 2. The topological polar surface area (TPSA) is 108 Å². The van der Waals surface area contributed by atoms with Gasteiger partial charge in [-0.3, -0.25) is 9.59 Å².